The maximum atomic E-state index is 6.83. The van der Waals surface area contributed by atoms with Crippen LogP contribution in [-0.2, 0) is 5.41 Å². The topological polar surface area (TPSA) is 21.3 Å². The van der Waals surface area contributed by atoms with Gasteiger partial charge in [-0.05, 0) is 99.4 Å². The normalized spacial score (nSPS) is 12.8. The summed E-state index contributed by atoms with van der Waals surface area (Å²) in [6, 6.07) is 93.0. The van der Waals surface area contributed by atoms with Crippen LogP contribution in [0.1, 0.15) is 22.3 Å². The molecule has 13 aromatic rings. The Morgan fingerprint density at radius 3 is 1.59 bits per heavy atom. The molecule has 3 nitrogen and oxygen atoms in total. The zero-order valence-corrected chi connectivity index (χ0v) is 37.1. The molecule has 0 atom stereocenters. The summed E-state index contributed by atoms with van der Waals surface area (Å²) in [6.45, 7) is 0. The van der Waals surface area contributed by atoms with Crippen molar-refractivity contribution >= 4 is 71.6 Å². The van der Waals surface area contributed by atoms with Gasteiger partial charge in [-0.15, -0.1) is 0 Å². The van der Waals surface area contributed by atoms with Crippen LogP contribution < -0.4 is 4.90 Å². The average molecular weight is 867 g/mol. The molecular formula is C65H42N2O. The van der Waals surface area contributed by atoms with Crippen molar-refractivity contribution in [2.45, 2.75) is 5.41 Å². The highest BCUT2D eigenvalue weighted by Gasteiger charge is 2.47. The first-order valence-corrected chi connectivity index (χ1v) is 23.4. The van der Waals surface area contributed by atoms with Crippen LogP contribution in [0, 0.1) is 0 Å². The monoisotopic (exact) mass is 866 g/mol. The number of hydrogen-bond acceptors (Lipinski definition) is 2. The van der Waals surface area contributed by atoms with E-state index in [1.807, 2.05) is 0 Å². The summed E-state index contributed by atoms with van der Waals surface area (Å²) in [5.74, 6) is 0. The molecule has 2 aromatic heterocycles. The second-order valence-electron chi connectivity index (χ2n) is 17.9. The summed E-state index contributed by atoms with van der Waals surface area (Å²) in [5.41, 5.74) is 17.7. The zero-order chi connectivity index (χ0) is 44.8. The Hall–Kier alpha value is -8.92. The van der Waals surface area contributed by atoms with Crippen molar-refractivity contribution in [2.75, 3.05) is 4.90 Å². The SMILES string of the molecule is c1ccc(C2(c3ccccc3)c3ccccc3-c3c(N(c4ccc(-c5cccc6c5oc5c7ccccc7ccc65)cc4)c4ccc(-n5c6ccccc6c6ccccc65)cc4)cccc32)cc1. The number of nitrogens with zero attached hydrogens (tertiary/aromatic N) is 2. The van der Waals surface area contributed by atoms with Gasteiger partial charge in [0.2, 0.25) is 0 Å². The molecule has 0 spiro atoms. The number of anilines is 3. The first-order chi connectivity index (χ1) is 33.8. The van der Waals surface area contributed by atoms with Gasteiger partial charge in [0.05, 0.1) is 22.1 Å². The van der Waals surface area contributed by atoms with Crippen molar-refractivity contribution in [1.82, 2.24) is 4.57 Å². The lowest BCUT2D eigenvalue weighted by molar-refractivity contribution is 0.674. The molecule has 0 radical (unpaired) electrons. The Kier molecular flexibility index (Phi) is 8.50. The largest absolute Gasteiger partial charge is 0.455 e. The highest BCUT2D eigenvalue weighted by Crippen LogP contribution is 2.59. The van der Waals surface area contributed by atoms with E-state index >= 15 is 0 Å². The van der Waals surface area contributed by atoms with Gasteiger partial charge in [-0.25, -0.2) is 0 Å². The van der Waals surface area contributed by atoms with Crippen LogP contribution in [0.2, 0.25) is 0 Å². The molecule has 2 heterocycles. The van der Waals surface area contributed by atoms with Crippen molar-refractivity contribution < 1.29 is 4.42 Å². The third-order valence-electron chi connectivity index (χ3n) is 14.5. The first-order valence-electron chi connectivity index (χ1n) is 23.4. The van der Waals surface area contributed by atoms with E-state index < -0.39 is 5.41 Å². The molecule has 0 amide bonds. The molecule has 318 valence electrons. The van der Waals surface area contributed by atoms with Crippen LogP contribution in [0.5, 0.6) is 0 Å². The van der Waals surface area contributed by atoms with Gasteiger partial charge in [-0.2, -0.15) is 0 Å². The van der Waals surface area contributed by atoms with Gasteiger partial charge in [-0.1, -0.05) is 194 Å². The maximum Gasteiger partial charge on any atom is 0.143 e. The average Bonchev–Trinajstić information content (AvgIpc) is 4.07. The van der Waals surface area contributed by atoms with E-state index in [4.69, 9.17) is 4.42 Å². The number of furan rings is 1. The van der Waals surface area contributed by atoms with E-state index in [0.29, 0.717) is 0 Å². The van der Waals surface area contributed by atoms with Crippen LogP contribution in [0.4, 0.5) is 17.1 Å². The minimum absolute atomic E-state index is 0.531. The van der Waals surface area contributed by atoms with Crippen LogP contribution in [0.15, 0.2) is 259 Å². The van der Waals surface area contributed by atoms with Crippen LogP contribution in [0.25, 0.3) is 82.5 Å². The number of fused-ring (bicyclic) bond motifs is 11. The molecule has 0 fully saturated rings. The molecule has 68 heavy (non-hydrogen) atoms. The van der Waals surface area contributed by atoms with Gasteiger partial charge in [0.25, 0.3) is 0 Å². The third kappa shape index (κ3) is 5.54. The lowest BCUT2D eigenvalue weighted by atomic mass is 9.68. The summed E-state index contributed by atoms with van der Waals surface area (Å²) in [4.78, 5) is 2.45. The molecule has 0 bridgehead atoms. The number of hydrogen-bond donors (Lipinski definition) is 0. The van der Waals surface area contributed by atoms with Gasteiger partial charge in [0.1, 0.15) is 11.2 Å². The molecule has 1 aliphatic carbocycles. The summed E-state index contributed by atoms with van der Waals surface area (Å²) in [5, 5.41) is 7.05. The second kappa shape index (κ2) is 15.1. The predicted octanol–water partition coefficient (Wildman–Crippen LogP) is 17.3. The number of para-hydroxylation sites is 3. The first kappa shape index (κ1) is 38.4. The fourth-order valence-electron chi connectivity index (χ4n) is 11.6. The van der Waals surface area contributed by atoms with E-state index in [1.54, 1.807) is 0 Å². The van der Waals surface area contributed by atoms with Crippen LogP contribution >= 0.6 is 0 Å². The van der Waals surface area contributed by atoms with Gasteiger partial charge in [-0.3, -0.25) is 0 Å². The lowest BCUT2D eigenvalue weighted by Gasteiger charge is -2.34. The standard InChI is InChI=1S/C65H42N2O/c1-3-18-45(19-4-1)65(46-20-5-2-6-21-46)57-28-12-9-25-56(57)62-58(65)29-16-32-61(62)66(48-38-40-49(41-39-48)67-59-30-13-10-23-52(59)53-24-11-14-31-60(53)67)47-36-33-44(34-37-47)51-26-15-27-54-55-42-35-43-17-7-8-22-50(43)64(55)68-63(51)54/h1-42H. The number of rotatable bonds is 7. The summed E-state index contributed by atoms with van der Waals surface area (Å²) in [7, 11) is 0. The van der Waals surface area contributed by atoms with E-state index in [1.165, 1.54) is 60.6 Å². The van der Waals surface area contributed by atoms with E-state index in [2.05, 4.69) is 264 Å². The Labute approximate surface area is 394 Å². The second-order valence-corrected chi connectivity index (χ2v) is 17.9. The molecule has 14 rings (SSSR count). The van der Waals surface area contributed by atoms with Crippen molar-refractivity contribution in [3.8, 4) is 27.9 Å². The van der Waals surface area contributed by atoms with Gasteiger partial charge in [0, 0.05) is 55.1 Å². The van der Waals surface area contributed by atoms with Crippen molar-refractivity contribution in [2.24, 2.45) is 0 Å². The Balaban J connectivity index is 0.978. The summed E-state index contributed by atoms with van der Waals surface area (Å²) < 4.78 is 9.22. The smallest absolute Gasteiger partial charge is 0.143 e. The highest BCUT2D eigenvalue weighted by atomic mass is 16.3. The third-order valence-corrected chi connectivity index (χ3v) is 14.5. The molecule has 0 N–H and O–H groups in total. The van der Waals surface area contributed by atoms with Crippen LogP contribution in [0.3, 0.4) is 0 Å². The zero-order valence-electron chi connectivity index (χ0n) is 37.1. The fraction of sp³-hybridized carbons (Fsp3) is 0.0154. The fourth-order valence-corrected chi connectivity index (χ4v) is 11.6. The van der Waals surface area contributed by atoms with Gasteiger partial charge < -0.3 is 13.9 Å². The minimum Gasteiger partial charge on any atom is -0.455 e. The quantitative estimate of drug-likeness (QED) is 0.159. The van der Waals surface area contributed by atoms with E-state index in [0.717, 1.165) is 61.2 Å². The molecule has 11 aromatic carbocycles. The predicted molar refractivity (Wildman–Crippen MR) is 283 cm³/mol. The van der Waals surface area contributed by atoms with Gasteiger partial charge >= 0.3 is 0 Å². The summed E-state index contributed by atoms with van der Waals surface area (Å²) in [6.07, 6.45) is 0. The summed E-state index contributed by atoms with van der Waals surface area (Å²) >= 11 is 0. The van der Waals surface area contributed by atoms with E-state index in [9.17, 15) is 0 Å². The molecular weight excluding hydrogens is 825 g/mol. The molecule has 0 aliphatic heterocycles. The molecule has 3 heteroatoms. The van der Waals surface area contributed by atoms with Crippen molar-refractivity contribution in [3.05, 3.63) is 277 Å². The number of aromatic nitrogens is 1. The Bertz CT molecular complexity index is 3980. The van der Waals surface area contributed by atoms with Crippen molar-refractivity contribution in [1.29, 1.82) is 0 Å². The van der Waals surface area contributed by atoms with Crippen molar-refractivity contribution in [3.63, 3.8) is 0 Å². The lowest BCUT2D eigenvalue weighted by Crippen LogP contribution is -2.28. The Morgan fingerprint density at radius 1 is 0.353 bits per heavy atom. The molecule has 0 saturated carbocycles. The molecule has 1 aliphatic rings. The van der Waals surface area contributed by atoms with Crippen LogP contribution in [-0.4, -0.2) is 4.57 Å². The Morgan fingerprint density at radius 2 is 0.882 bits per heavy atom. The maximum absolute atomic E-state index is 6.83. The molecule has 0 saturated heterocycles. The van der Waals surface area contributed by atoms with Gasteiger partial charge in [0.15, 0.2) is 0 Å². The molecule has 0 unspecified atom stereocenters. The van der Waals surface area contributed by atoms with E-state index in [-0.39, 0.29) is 0 Å². The highest BCUT2D eigenvalue weighted by molar-refractivity contribution is 6.17. The minimum atomic E-state index is -0.531. The number of benzene rings is 11.